The lowest BCUT2D eigenvalue weighted by Gasteiger charge is -2.34. The van der Waals surface area contributed by atoms with Gasteiger partial charge in [-0.15, -0.1) is 0 Å². The number of amides is 2. The van der Waals surface area contributed by atoms with Crippen molar-refractivity contribution < 1.29 is 9.59 Å². The molecule has 2 amide bonds. The molecule has 7 nitrogen and oxygen atoms in total. The van der Waals surface area contributed by atoms with Crippen LogP contribution in [-0.2, 0) is 18.4 Å². The van der Waals surface area contributed by atoms with Crippen LogP contribution < -0.4 is 5.73 Å². The number of carbonyl (C=O) groups excluding carboxylic acids is 2. The Morgan fingerprint density at radius 2 is 2.03 bits per heavy atom. The van der Waals surface area contributed by atoms with Gasteiger partial charge in [0.25, 0.3) is 5.91 Å². The van der Waals surface area contributed by atoms with Crippen molar-refractivity contribution >= 4 is 28.3 Å². The topological polar surface area (TPSA) is 86.2 Å². The maximum absolute atomic E-state index is 13.3. The molecule has 2 N–H and O–H groups in total. The van der Waals surface area contributed by atoms with Crippen molar-refractivity contribution in [2.75, 3.05) is 0 Å². The van der Waals surface area contributed by atoms with Crippen LogP contribution in [0, 0.1) is 0 Å². The minimum atomic E-state index is -0.478. The van der Waals surface area contributed by atoms with Gasteiger partial charge in [0, 0.05) is 36.4 Å². The van der Waals surface area contributed by atoms with Crippen LogP contribution in [0.1, 0.15) is 35.3 Å². The zero-order chi connectivity index (χ0) is 20.1. The number of rotatable bonds is 4. The second kappa shape index (κ2) is 6.62. The van der Waals surface area contributed by atoms with Crippen LogP contribution in [0.3, 0.4) is 0 Å². The van der Waals surface area contributed by atoms with Gasteiger partial charge in [-0.3, -0.25) is 14.3 Å². The van der Waals surface area contributed by atoms with E-state index in [2.05, 4.69) is 11.2 Å². The van der Waals surface area contributed by atoms with E-state index in [9.17, 15) is 9.59 Å². The van der Waals surface area contributed by atoms with E-state index in [-0.39, 0.29) is 24.5 Å². The molecule has 5 rings (SSSR count). The molecular formula is C22H23N5O2. The Hall–Kier alpha value is -3.35. The van der Waals surface area contributed by atoms with Gasteiger partial charge in [-0.05, 0) is 37.0 Å². The Labute approximate surface area is 168 Å². The Morgan fingerprint density at radius 3 is 2.76 bits per heavy atom. The number of hydrogen-bond acceptors (Lipinski definition) is 3. The third kappa shape index (κ3) is 2.85. The maximum atomic E-state index is 13.3. The average molecular weight is 389 g/mol. The number of para-hydroxylation sites is 1. The van der Waals surface area contributed by atoms with Gasteiger partial charge in [0.05, 0.1) is 17.3 Å². The van der Waals surface area contributed by atoms with Gasteiger partial charge in [0.2, 0.25) is 5.91 Å². The van der Waals surface area contributed by atoms with E-state index in [0.717, 1.165) is 35.9 Å². The summed E-state index contributed by atoms with van der Waals surface area (Å²) in [6.45, 7) is 0.204. The molecule has 0 spiro atoms. The van der Waals surface area contributed by atoms with E-state index < -0.39 is 5.91 Å². The highest BCUT2D eigenvalue weighted by atomic mass is 16.2. The molecule has 148 valence electrons. The van der Waals surface area contributed by atoms with Crippen LogP contribution >= 0.6 is 0 Å². The molecule has 1 fully saturated rings. The molecule has 29 heavy (non-hydrogen) atoms. The lowest BCUT2D eigenvalue weighted by Crippen LogP contribution is -2.44. The number of nitrogens with zero attached hydrogens (tertiary/aromatic N) is 4. The smallest absolute Gasteiger partial charge is 0.250 e. The summed E-state index contributed by atoms with van der Waals surface area (Å²) in [7, 11) is 1.95. The third-order valence-corrected chi connectivity index (χ3v) is 6.19. The van der Waals surface area contributed by atoms with Crippen molar-refractivity contribution in [1.29, 1.82) is 0 Å². The molecular weight excluding hydrogens is 366 g/mol. The Balaban J connectivity index is 1.43. The first-order valence-corrected chi connectivity index (χ1v) is 9.91. The minimum Gasteiger partial charge on any atom is -0.366 e. The molecule has 7 heteroatoms. The molecule has 3 aromatic rings. The van der Waals surface area contributed by atoms with Gasteiger partial charge >= 0.3 is 0 Å². The normalized spacial score (nSPS) is 20.9. The highest BCUT2D eigenvalue weighted by Gasteiger charge is 2.40. The summed E-state index contributed by atoms with van der Waals surface area (Å²) in [4.78, 5) is 27.1. The van der Waals surface area contributed by atoms with E-state index in [1.165, 1.54) is 5.57 Å². The fourth-order valence-electron chi connectivity index (χ4n) is 4.90. The van der Waals surface area contributed by atoms with Crippen LogP contribution in [0.4, 0.5) is 0 Å². The fourth-order valence-corrected chi connectivity index (χ4v) is 4.90. The van der Waals surface area contributed by atoms with Crippen molar-refractivity contribution in [1.82, 2.24) is 19.2 Å². The molecule has 4 heterocycles. The lowest BCUT2D eigenvalue weighted by molar-refractivity contribution is -0.134. The second-order valence-corrected chi connectivity index (χ2v) is 7.89. The van der Waals surface area contributed by atoms with Gasteiger partial charge in [-0.1, -0.05) is 24.3 Å². The average Bonchev–Trinajstić information content (AvgIpc) is 3.36. The highest BCUT2D eigenvalue weighted by Crippen LogP contribution is 2.38. The summed E-state index contributed by atoms with van der Waals surface area (Å²) < 4.78 is 3.73. The van der Waals surface area contributed by atoms with Gasteiger partial charge in [0.15, 0.2) is 0 Å². The van der Waals surface area contributed by atoms with Crippen LogP contribution in [0.2, 0.25) is 0 Å². The zero-order valence-corrected chi connectivity index (χ0v) is 16.3. The number of benzene rings is 1. The molecule has 0 aliphatic carbocycles. The predicted octanol–water partition coefficient (Wildman–Crippen LogP) is 2.32. The largest absolute Gasteiger partial charge is 0.366 e. The van der Waals surface area contributed by atoms with Gasteiger partial charge in [0.1, 0.15) is 6.54 Å². The SMILES string of the molecule is Cn1nccc1C1=CC2CCC(C1)N2C(=O)Cn1cc(C(N)=O)c2ccccc21. The van der Waals surface area contributed by atoms with Crippen LogP contribution in [0.15, 0.2) is 48.8 Å². The summed E-state index contributed by atoms with van der Waals surface area (Å²) >= 11 is 0. The number of carbonyl (C=O) groups is 2. The molecule has 1 saturated heterocycles. The summed E-state index contributed by atoms with van der Waals surface area (Å²) in [5.41, 5.74) is 9.23. The van der Waals surface area contributed by atoms with Crippen LogP contribution in [-0.4, -0.2) is 43.1 Å². The minimum absolute atomic E-state index is 0.0783. The number of hydrogen-bond donors (Lipinski definition) is 1. The number of aromatic nitrogens is 3. The summed E-state index contributed by atoms with van der Waals surface area (Å²) in [5.74, 6) is -0.399. The summed E-state index contributed by atoms with van der Waals surface area (Å²) in [5, 5.41) is 5.06. The number of fused-ring (bicyclic) bond motifs is 3. The molecule has 0 radical (unpaired) electrons. The summed E-state index contributed by atoms with van der Waals surface area (Å²) in [6.07, 6.45) is 8.57. The number of aryl methyl sites for hydroxylation is 1. The van der Waals surface area contributed by atoms with Gasteiger partial charge in [-0.2, -0.15) is 5.10 Å². The first-order chi connectivity index (χ1) is 14.0. The Kier molecular flexibility index (Phi) is 4.04. The number of primary amides is 1. The van der Waals surface area contributed by atoms with E-state index in [0.29, 0.717) is 5.56 Å². The molecule has 2 aliphatic rings. The van der Waals surface area contributed by atoms with Crippen molar-refractivity contribution in [2.45, 2.75) is 37.9 Å². The Bertz CT molecular complexity index is 1160. The molecule has 2 bridgehead atoms. The van der Waals surface area contributed by atoms with Gasteiger partial charge in [-0.25, -0.2) is 0 Å². The lowest BCUT2D eigenvalue weighted by atomic mass is 9.98. The molecule has 1 aromatic carbocycles. The highest BCUT2D eigenvalue weighted by molar-refractivity contribution is 6.06. The van der Waals surface area contributed by atoms with Crippen molar-refractivity contribution in [3.63, 3.8) is 0 Å². The zero-order valence-electron chi connectivity index (χ0n) is 16.3. The van der Waals surface area contributed by atoms with Crippen molar-refractivity contribution in [3.8, 4) is 0 Å². The quantitative estimate of drug-likeness (QED) is 0.743. The monoisotopic (exact) mass is 389 g/mol. The number of nitrogens with two attached hydrogens (primary N) is 1. The van der Waals surface area contributed by atoms with E-state index in [1.54, 1.807) is 6.20 Å². The molecule has 2 unspecified atom stereocenters. The summed E-state index contributed by atoms with van der Waals surface area (Å²) in [6, 6.07) is 9.91. The fraction of sp³-hybridized carbons (Fsp3) is 0.318. The van der Waals surface area contributed by atoms with E-state index in [1.807, 2.05) is 57.7 Å². The van der Waals surface area contributed by atoms with Gasteiger partial charge < -0.3 is 15.2 Å². The first kappa shape index (κ1) is 17.7. The predicted molar refractivity (Wildman–Crippen MR) is 110 cm³/mol. The van der Waals surface area contributed by atoms with Crippen molar-refractivity contribution in [3.05, 3.63) is 60.1 Å². The molecule has 2 atom stereocenters. The third-order valence-electron chi connectivity index (χ3n) is 6.19. The van der Waals surface area contributed by atoms with Crippen LogP contribution in [0.25, 0.3) is 16.5 Å². The first-order valence-electron chi connectivity index (χ1n) is 9.91. The van der Waals surface area contributed by atoms with E-state index >= 15 is 0 Å². The molecule has 2 aromatic heterocycles. The van der Waals surface area contributed by atoms with Crippen molar-refractivity contribution in [2.24, 2.45) is 12.8 Å². The molecule has 0 saturated carbocycles. The maximum Gasteiger partial charge on any atom is 0.250 e. The standard InChI is InChI=1S/C22H23N5O2/c1-25-19(8-9-24-25)14-10-15-6-7-16(11-14)27(15)21(28)13-26-12-18(22(23)29)17-4-2-3-5-20(17)26/h2-5,8-10,12,15-16H,6-7,11,13H2,1H3,(H2,23,29). The Morgan fingerprint density at radius 1 is 1.21 bits per heavy atom. The van der Waals surface area contributed by atoms with E-state index in [4.69, 9.17) is 5.73 Å². The second-order valence-electron chi connectivity index (χ2n) is 7.89. The van der Waals surface area contributed by atoms with Crippen LogP contribution in [0.5, 0.6) is 0 Å². The molecule has 2 aliphatic heterocycles.